The summed E-state index contributed by atoms with van der Waals surface area (Å²) in [5.41, 5.74) is 0.324. The van der Waals surface area contributed by atoms with E-state index in [0.717, 1.165) is 19.5 Å². The maximum atomic E-state index is 11.9. The van der Waals surface area contributed by atoms with Gasteiger partial charge in [0.2, 0.25) is 0 Å². The third-order valence-corrected chi connectivity index (χ3v) is 3.74. The van der Waals surface area contributed by atoms with E-state index < -0.39 is 11.2 Å². The number of aromatic amines is 2. The van der Waals surface area contributed by atoms with Crippen molar-refractivity contribution < 1.29 is 0 Å². The average molecular weight is 298 g/mol. The molecule has 0 radical (unpaired) electrons. The van der Waals surface area contributed by atoms with Gasteiger partial charge in [-0.2, -0.15) is 5.26 Å². The molecule has 1 saturated heterocycles. The van der Waals surface area contributed by atoms with E-state index >= 15 is 0 Å². The molecular formula is C14H14N6O2. The molecule has 112 valence electrons. The van der Waals surface area contributed by atoms with Crippen LogP contribution in [0.3, 0.4) is 0 Å². The first-order chi connectivity index (χ1) is 10.6. The Labute approximate surface area is 125 Å². The number of hydrogen-bond acceptors (Lipinski definition) is 6. The van der Waals surface area contributed by atoms with Gasteiger partial charge in [0.25, 0.3) is 5.56 Å². The summed E-state index contributed by atoms with van der Waals surface area (Å²) in [4.78, 5) is 29.6. The van der Waals surface area contributed by atoms with Crippen molar-refractivity contribution in [3.05, 3.63) is 38.8 Å². The molecule has 8 nitrogen and oxygen atoms in total. The summed E-state index contributed by atoms with van der Waals surface area (Å²) >= 11 is 0. The van der Waals surface area contributed by atoms with Gasteiger partial charge in [0, 0.05) is 19.3 Å². The van der Waals surface area contributed by atoms with Crippen LogP contribution in [-0.2, 0) is 0 Å². The molecule has 0 amide bonds. The van der Waals surface area contributed by atoms with E-state index in [1.807, 2.05) is 6.07 Å². The van der Waals surface area contributed by atoms with Crippen molar-refractivity contribution in [2.45, 2.75) is 13.3 Å². The molecule has 2 aromatic rings. The fourth-order valence-electron chi connectivity index (χ4n) is 2.59. The Bertz CT molecular complexity index is 863. The molecule has 3 heterocycles. The van der Waals surface area contributed by atoms with Crippen molar-refractivity contribution >= 4 is 5.69 Å². The molecule has 2 aromatic heterocycles. The van der Waals surface area contributed by atoms with Crippen molar-refractivity contribution in [3.8, 4) is 17.3 Å². The molecule has 0 aromatic carbocycles. The van der Waals surface area contributed by atoms with Crippen molar-refractivity contribution in [2.75, 3.05) is 18.0 Å². The summed E-state index contributed by atoms with van der Waals surface area (Å²) in [5.74, 6) is 0.541. The second-order valence-electron chi connectivity index (χ2n) is 5.40. The zero-order valence-corrected chi connectivity index (χ0v) is 12.0. The van der Waals surface area contributed by atoms with E-state index in [2.05, 4.69) is 32.0 Å². The Kier molecular flexibility index (Phi) is 3.47. The van der Waals surface area contributed by atoms with Gasteiger partial charge in [0.05, 0.1) is 11.3 Å². The molecule has 22 heavy (non-hydrogen) atoms. The minimum absolute atomic E-state index is 0.213. The van der Waals surface area contributed by atoms with E-state index in [1.54, 1.807) is 6.07 Å². The molecule has 0 saturated carbocycles. The zero-order chi connectivity index (χ0) is 15.7. The molecule has 2 N–H and O–H groups in total. The van der Waals surface area contributed by atoms with Crippen LogP contribution in [0.1, 0.15) is 19.0 Å². The average Bonchev–Trinajstić information content (AvgIpc) is 2.93. The van der Waals surface area contributed by atoms with Crippen LogP contribution in [0, 0.1) is 17.2 Å². The molecule has 1 aliphatic rings. The molecule has 1 aliphatic heterocycles. The van der Waals surface area contributed by atoms with Gasteiger partial charge in [-0.15, -0.1) is 10.2 Å². The lowest BCUT2D eigenvalue weighted by atomic mass is 10.1. The molecule has 0 aliphatic carbocycles. The van der Waals surface area contributed by atoms with Crippen LogP contribution in [0.2, 0.25) is 0 Å². The normalized spacial score (nSPS) is 17.5. The fourth-order valence-corrected chi connectivity index (χ4v) is 2.59. The van der Waals surface area contributed by atoms with Crippen LogP contribution in [-0.4, -0.2) is 33.3 Å². The Morgan fingerprint density at radius 2 is 2.23 bits per heavy atom. The monoisotopic (exact) mass is 298 g/mol. The Morgan fingerprint density at radius 3 is 2.86 bits per heavy atom. The van der Waals surface area contributed by atoms with Gasteiger partial charge in [0.1, 0.15) is 11.8 Å². The zero-order valence-electron chi connectivity index (χ0n) is 12.0. The summed E-state index contributed by atoms with van der Waals surface area (Å²) in [6.07, 6.45) is 2.34. The first-order valence-electron chi connectivity index (χ1n) is 6.93. The summed E-state index contributed by atoms with van der Waals surface area (Å²) in [6.45, 7) is 3.82. The molecule has 0 bridgehead atoms. The highest BCUT2D eigenvalue weighted by molar-refractivity contribution is 5.66. The van der Waals surface area contributed by atoms with Crippen LogP contribution in [0.4, 0.5) is 5.69 Å². The molecule has 0 unspecified atom stereocenters. The number of nitrogens with one attached hydrogen (secondary N) is 2. The molecule has 1 fully saturated rings. The van der Waals surface area contributed by atoms with Gasteiger partial charge < -0.3 is 9.88 Å². The van der Waals surface area contributed by atoms with E-state index in [-0.39, 0.29) is 11.3 Å². The number of nitrogens with zero attached hydrogens (tertiary/aromatic N) is 4. The van der Waals surface area contributed by atoms with Crippen LogP contribution >= 0.6 is 0 Å². The lowest BCUT2D eigenvalue weighted by Gasteiger charge is -2.19. The first-order valence-corrected chi connectivity index (χ1v) is 6.93. The van der Waals surface area contributed by atoms with E-state index in [0.29, 0.717) is 17.3 Å². The second kappa shape index (κ2) is 5.44. The van der Waals surface area contributed by atoms with Crippen LogP contribution in [0.25, 0.3) is 11.3 Å². The highest BCUT2D eigenvalue weighted by atomic mass is 16.2. The van der Waals surface area contributed by atoms with Crippen LogP contribution in [0.5, 0.6) is 0 Å². The standard InChI is InChI=1S/C14H14N6O2/c1-8-2-3-20(7-8)12-4-10(18-19-11(12)5-15)9-6-16-14(22)17-13(9)21/h4,6,8H,2-3,7H2,1H3,(H2,16,17,21,22)/t8-/m0/s1. The quantitative estimate of drug-likeness (QED) is 0.819. The number of aromatic nitrogens is 4. The summed E-state index contributed by atoms with van der Waals surface area (Å²) in [5, 5.41) is 17.0. The molecular weight excluding hydrogens is 284 g/mol. The van der Waals surface area contributed by atoms with Crippen molar-refractivity contribution in [1.82, 2.24) is 20.2 Å². The number of anilines is 1. The topological polar surface area (TPSA) is 119 Å². The Balaban J connectivity index is 2.09. The second-order valence-corrected chi connectivity index (χ2v) is 5.40. The van der Waals surface area contributed by atoms with Crippen molar-refractivity contribution in [2.24, 2.45) is 5.92 Å². The molecule has 3 rings (SSSR count). The minimum atomic E-state index is -0.580. The van der Waals surface area contributed by atoms with E-state index in [9.17, 15) is 14.9 Å². The third-order valence-electron chi connectivity index (χ3n) is 3.74. The van der Waals surface area contributed by atoms with Crippen LogP contribution in [0.15, 0.2) is 21.9 Å². The maximum Gasteiger partial charge on any atom is 0.325 e. The van der Waals surface area contributed by atoms with E-state index in [1.165, 1.54) is 6.20 Å². The predicted octanol–water partition coefficient (Wildman–Crippen LogP) is 0.238. The van der Waals surface area contributed by atoms with Crippen molar-refractivity contribution in [3.63, 3.8) is 0 Å². The number of H-pyrrole nitrogens is 2. The Hall–Kier alpha value is -2.95. The van der Waals surface area contributed by atoms with Gasteiger partial charge in [-0.3, -0.25) is 9.78 Å². The molecule has 8 heteroatoms. The summed E-state index contributed by atoms with van der Waals surface area (Å²) < 4.78 is 0. The minimum Gasteiger partial charge on any atom is -0.369 e. The van der Waals surface area contributed by atoms with Gasteiger partial charge in [0.15, 0.2) is 5.69 Å². The lowest BCUT2D eigenvalue weighted by molar-refractivity contribution is 0.659. The summed E-state index contributed by atoms with van der Waals surface area (Å²) in [7, 11) is 0. The van der Waals surface area contributed by atoms with Crippen molar-refractivity contribution in [1.29, 1.82) is 5.26 Å². The van der Waals surface area contributed by atoms with Gasteiger partial charge >= 0.3 is 5.69 Å². The third kappa shape index (κ3) is 2.48. The fraction of sp³-hybridized carbons (Fsp3) is 0.357. The highest BCUT2D eigenvalue weighted by Crippen LogP contribution is 2.27. The van der Waals surface area contributed by atoms with Gasteiger partial charge in [-0.25, -0.2) is 4.79 Å². The SMILES string of the molecule is C[C@H]1CCN(c2cc(-c3c[nH]c(=O)[nH]c3=O)nnc2C#N)C1. The van der Waals surface area contributed by atoms with Crippen LogP contribution < -0.4 is 16.1 Å². The lowest BCUT2D eigenvalue weighted by Crippen LogP contribution is -2.24. The van der Waals surface area contributed by atoms with Gasteiger partial charge in [-0.05, 0) is 18.4 Å². The maximum absolute atomic E-state index is 11.9. The van der Waals surface area contributed by atoms with E-state index in [4.69, 9.17) is 0 Å². The van der Waals surface area contributed by atoms with Gasteiger partial charge in [-0.1, -0.05) is 6.92 Å². The predicted molar refractivity (Wildman–Crippen MR) is 79.4 cm³/mol. The largest absolute Gasteiger partial charge is 0.369 e. The summed E-state index contributed by atoms with van der Waals surface area (Å²) in [6, 6.07) is 3.70. The highest BCUT2D eigenvalue weighted by Gasteiger charge is 2.23. The first kappa shape index (κ1) is 14.0. The molecule has 0 spiro atoms. The smallest absolute Gasteiger partial charge is 0.325 e. The Morgan fingerprint density at radius 1 is 1.41 bits per heavy atom. The molecule has 1 atom stereocenters. The number of nitriles is 1. The number of rotatable bonds is 2. The number of hydrogen-bond donors (Lipinski definition) is 2.